The Morgan fingerprint density at radius 2 is 1.94 bits per heavy atom. The van der Waals surface area contributed by atoms with E-state index in [2.05, 4.69) is 22.6 Å². The first kappa shape index (κ1) is 15.2. The molecule has 0 unspecified atom stereocenters. The Morgan fingerprint density at radius 3 is 2.50 bits per heavy atom. The van der Waals surface area contributed by atoms with Crippen LogP contribution in [0.3, 0.4) is 0 Å². The molecule has 0 heterocycles. The van der Waals surface area contributed by atoms with E-state index in [-0.39, 0.29) is 5.97 Å². The van der Waals surface area contributed by atoms with Crippen molar-refractivity contribution in [1.29, 1.82) is 0 Å². The van der Waals surface area contributed by atoms with Gasteiger partial charge >= 0.3 is 5.97 Å². The smallest absolute Gasteiger partial charge is 0.330 e. The van der Waals surface area contributed by atoms with Gasteiger partial charge in [0.1, 0.15) is 0 Å². The number of hydrogen-bond donors (Lipinski definition) is 0. The predicted octanol–water partition coefficient (Wildman–Crippen LogP) is 3.95. The van der Waals surface area contributed by atoms with Gasteiger partial charge < -0.3 is 4.74 Å². The summed E-state index contributed by atoms with van der Waals surface area (Å²) >= 11 is 2.17. The van der Waals surface area contributed by atoms with Gasteiger partial charge in [0, 0.05) is 6.08 Å². The van der Waals surface area contributed by atoms with Crippen molar-refractivity contribution in [1.82, 2.24) is 0 Å². The summed E-state index contributed by atoms with van der Waals surface area (Å²) in [5.41, 5.74) is 2.04. The van der Waals surface area contributed by atoms with Crippen LogP contribution in [0.15, 0.2) is 45.6 Å². The van der Waals surface area contributed by atoms with Crippen LogP contribution in [0, 0.1) is 0 Å². The summed E-state index contributed by atoms with van der Waals surface area (Å²) in [5.74, 6) is -0.294. The van der Waals surface area contributed by atoms with Gasteiger partial charge in [-0.15, -0.1) is 0 Å². The molecule has 3 heteroatoms. The third-order valence-electron chi connectivity index (χ3n) is 1.68. The molecule has 0 aliphatic rings. The number of esters is 1. The zero-order valence-corrected chi connectivity index (χ0v) is 12.0. The third-order valence-corrected chi connectivity index (χ3v) is 2.04. The van der Waals surface area contributed by atoms with Crippen LogP contribution in [0.2, 0.25) is 0 Å². The van der Waals surface area contributed by atoms with Crippen LogP contribution in [-0.4, -0.2) is 12.6 Å². The van der Waals surface area contributed by atoms with Crippen molar-refractivity contribution in [3.63, 3.8) is 0 Å². The molecule has 0 spiro atoms. The lowest BCUT2D eigenvalue weighted by atomic mass is 10.2. The lowest BCUT2D eigenvalue weighted by molar-refractivity contribution is -0.137. The molecule has 0 aliphatic heterocycles. The molecule has 0 aromatic rings. The van der Waals surface area contributed by atoms with Crippen LogP contribution < -0.4 is 0 Å². The van der Waals surface area contributed by atoms with Crippen LogP contribution in [0.4, 0.5) is 0 Å². The van der Waals surface area contributed by atoms with E-state index in [1.54, 1.807) is 6.92 Å². The summed E-state index contributed by atoms with van der Waals surface area (Å²) in [4.78, 5) is 11.1. The second-order valence-corrected chi connectivity index (χ2v) is 3.92. The summed E-state index contributed by atoms with van der Waals surface area (Å²) in [6.45, 7) is 6.08. The Labute approximate surface area is 111 Å². The molecule has 0 bridgehead atoms. The van der Waals surface area contributed by atoms with Gasteiger partial charge in [-0.3, -0.25) is 0 Å². The van der Waals surface area contributed by atoms with E-state index in [9.17, 15) is 4.79 Å². The highest BCUT2D eigenvalue weighted by Crippen LogP contribution is 2.01. The number of allylic oxidation sites excluding steroid dienone is 6. The zero-order valence-electron chi connectivity index (χ0n) is 9.87. The summed E-state index contributed by atoms with van der Waals surface area (Å²) in [6, 6.07) is 0. The van der Waals surface area contributed by atoms with Crippen molar-refractivity contribution in [3.8, 4) is 0 Å². The molecular weight excluding hydrogens is 315 g/mol. The van der Waals surface area contributed by atoms with Crippen molar-refractivity contribution >= 4 is 28.6 Å². The van der Waals surface area contributed by atoms with E-state index < -0.39 is 0 Å². The highest BCUT2D eigenvalue weighted by molar-refractivity contribution is 14.1. The molecule has 0 N–H and O–H groups in total. The maximum atomic E-state index is 11.1. The van der Waals surface area contributed by atoms with Crippen LogP contribution in [0.1, 0.15) is 20.8 Å². The normalized spacial score (nSPS) is 13.8. The Bertz CT molecular complexity index is 336. The van der Waals surface area contributed by atoms with Gasteiger partial charge in [0.25, 0.3) is 0 Å². The van der Waals surface area contributed by atoms with E-state index in [0.717, 1.165) is 11.1 Å². The fourth-order valence-corrected chi connectivity index (χ4v) is 1.49. The molecule has 88 valence electrons. The second kappa shape index (κ2) is 9.39. The fraction of sp³-hybridized carbons (Fsp3) is 0.308. The first-order valence-corrected chi connectivity index (χ1v) is 6.31. The third kappa shape index (κ3) is 8.47. The van der Waals surface area contributed by atoms with E-state index in [1.807, 2.05) is 42.2 Å². The second-order valence-electron chi connectivity index (χ2n) is 3.20. The van der Waals surface area contributed by atoms with Gasteiger partial charge in [0.05, 0.1) is 6.61 Å². The van der Waals surface area contributed by atoms with Gasteiger partial charge in [-0.05, 0) is 30.4 Å². The molecule has 0 amide bonds. The number of ether oxygens (including phenoxy) is 1. The number of carbonyl (C=O) groups excluding carboxylic acids is 1. The lowest BCUT2D eigenvalue weighted by Crippen LogP contribution is -1.99. The molecule has 0 fully saturated rings. The molecule has 0 aromatic heterocycles. The van der Waals surface area contributed by atoms with Gasteiger partial charge in [0.15, 0.2) is 0 Å². The Hall–Kier alpha value is -0.840. The van der Waals surface area contributed by atoms with Crippen molar-refractivity contribution in [2.24, 2.45) is 0 Å². The Kier molecular flexibility index (Phi) is 8.90. The molecule has 2 nitrogen and oxygen atoms in total. The number of halogens is 1. The van der Waals surface area contributed by atoms with Crippen LogP contribution >= 0.6 is 22.6 Å². The molecule has 0 saturated carbocycles. The van der Waals surface area contributed by atoms with Gasteiger partial charge in [0.2, 0.25) is 0 Å². The maximum absolute atomic E-state index is 11.1. The molecule has 0 radical (unpaired) electrons. The summed E-state index contributed by atoms with van der Waals surface area (Å²) in [6.07, 6.45) is 9.27. The molecule has 0 aromatic carbocycles. The monoisotopic (exact) mass is 332 g/mol. The molecule has 0 saturated heterocycles. The number of carbonyl (C=O) groups is 1. The summed E-state index contributed by atoms with van der Waals surface area (Å²) in [5, 5.41) is 0. The van der Waals surface area contributed by atoms with E-state index in [4.69, 9.17) is 4.74 Å². The Balaban J connectivity index is 4.33. The highest BCUT2D eigenvalue weighted by atomic mass is 127. The first-order chi connectivity index (χ1) is 7.60. The average molecular weight is 332 g/mol. The average Bonchev–Trinajstić information content (AvgIpc) is 2.18. The first-order valence-electron chi connectivity index (χ1n) is 5.07. The van der Waals surface area contributed by atoms with Gasteiger partial charge in [-0.25, -0.2) is 4.79 Å². The van der Waals surface area contributed by atoms with Crippen molar-refractivity contribution < 1.29 is 9.53 Å². The minimum atomic E-state index is -0.294. The van der Waals surface area contributed by atoms with E-state index >= 15 is 0 Å². The Morgan fingerprint density at radius 1 is 1.25 bits per heavy atom. The zero-order chi connectivity index (χ0) is 12.4. The minimum absolute atomic E-state index is 0.294. The van der Waals surface area contributed by atoms with Crippen LogP contribution in [-0.2, 0) is 9.53 Å². The molecule has 0 rings (SSSR count). The molecule has 0 aliphatic carbocycles. The topological polar surface area (TPSA) is 26.3 Å². The molecule has 16 heavy (non-hydrogen) atoms. The predicted molar refractivity (Wildman–Crippen MR) is 76.4 cm³/mol. The minimum Gasteiger partial charge on any atom is -0.463 e. The highest BCUT2D eigenvalue weighted by Gasteiger charge is 1.94. The molecular formula is C13H17IO2. The standard InChI is InChI=1S/C13H17IO2/c1-4-16-13(15)10-12(3)7-5-6-11(2)8-9-14/h5-10H,4H2,1-3H3/b7-5+,9-8+,11-6+,12-10+. The SMILES string of the molecule is CCOC(=O)/C=C(C)/C=C/C=C(C)/C=C/I. The maximum Gasteiger partial charge on any atom is 0.330 e. The van der Waals surface area contributed by atoms with E-state index in [1.165, 1.54) is 6.08 Å². The lowest BCUT2D eigenvalue weighted by Gasteiger charge is -1.95. The van der Waals surface area contributed by atoms with Crippen molar-refractivity contribution in [3.05, 3.63) is 45.6 Å². The quantitative estimate of drug-likeness (QED) is 0.330. The van der Waals surface area contributed by atoms with Crippen molar-refractivity contribution in [2.75, 3.05) is 6.61 Å². The number of rotatable bonds is 5. The van der Waals surface area contributed by atoms with Gasteiger partial charge in [-0.1, -0.05) is 52.5 Å². The largest absolute Gasteiger partial charge is 0.463 e. The molecule has 0 atom stereocenters. The fourth-order valence-electron chi connectivity index (χ4n) is 0.925. The summed E-state index contributed by atoms with van der Waals surface area (Å²) in [7, 11) is 0. The number of hydrogen-bond acceptors (Lipinski definition) is 2. The van der Waals surface area contributed by atoms with Crippen molar-refractivity contribution in [2.45, 2.75) is 20.8 Å². The van der Waals surface area contributed by atoms with Gasteiger partial charge in [-0.2, -0.15) is 0 Å². The van der Waals surface area contributed by atoms with E-state index in [0.29, 0.717) is 6.61 Å². The van der Waals surface area contributed by atoms with Crippen LogP contribution in [0.25, 0.3) is 0 Å². The van der Waals surface area contributed by atoms with Crippen LogP contribution in [0.5, 0.6) is 0 Å². The summed E-state index contributed by atoms with van der Waals surface area (Å²) < 4.78 is 6.76.